The maximum absolute atomic E-state index is 5.47. The van der Waals surface area contributed by atoms with E-state index in [0.717, 1.165) is 62.5 Å². The molecule has 1 saturated heterocycles. The summed E-state index contributed by atoms with van der Waals surface area (Å²) in [7, 11) is 1.80. The van der Waals surface area contributed by atoms with Crippen molar-refractivity contribution >= 4 is 47.0 Å². The number of nitrogens with zero attached hydrogens (tertiary/aromatic N) is 3. The molecule has 2 N–H and O–H groups in total. The molecule has 0 unspecified atom stereocenters. The number of ether oxygens (including phenoxy) is 1. The maximum Gasteiger partial charge on any atom is 0.191 e. The van der Waals surface area contributed by atoms with E-state index in [0.29, 0.717) is 0 Å². The zero-order valence-electron chi connectivity index (χ0n) is 15.9. The predicted molar refractivity (Wildman–Crippen MR) is 124 cm³/mol. The van der Waals surface area contributed by atoms with E-state index in [2.05, 4.69) is 55.2 Å². The van der Waals surface area contributed by atoms with Crippen LogP contribution in [0.15, 0.2) is 34.6 Å². The van der Waals surface area contributed by atoms with Gasteiger partial charge in [-0.25, -0.2) is 4.98 Å². The highest BCUT2D eigenvalue weighted by atomic mass is 127. The number of aliphatic imine (C=N–C) groups is 1. The maximum atomic E-state index is 5.47. The molecule has 0 amide bonds. The fourth-order valence-corrected chi connectivity index (χ4v) is 3.65. The Morgan fingerprint density at radius 2 is 2.04 bits per heavy atom. The van der Waals surface area contributed by atoms with Gasteiger partial charge in [-0.2, -0.15) is 0 Å². The standard InChI is InChI=1S/C19H27N5OS.HI/c1-15-23-17(14-26-15)7-8-21-19(20-2)22-13-16-5-3-4-6-18(16)24-9-11-25-12-10-24;/h3-6,14H,7-13H2,1-2H3,(H2,20,21,22);1H. The number of hydrogen-bond acceptors (Lipinski definition) is 5. The highest BCUT2D eigenvalue weighted by molar-refractivity contribution is 14.0. The summed E-state index contributed by atoms with van der Waals surface area (Å²) < 4.78 is 5.47. The molecule has 6 nitrogen and oxygen atoms in total. The summed E-state index contributed by atoms with van der Waals surface area (Å²) in [5.74, 6) is 0.814. The Morgan fingerprint density at radius 3 is 2.74 bits per heavy atom. The Morgan fingerprint density at radius 1 is 1.26 bits per heavy atom. The van der Waals surface area contributed by atoms with Crippen molar-refractivity contribution < 1.29 is 4.74 Å². The lowest BCUT2D eigenvalue weighted by Crippen LogP contribution is -2.39. The topological polar surface area (TPSA) is 61.8 Å². The Labute approximate surface area is 182 Å². The molecule has 3 rings (SSSR count). The second-order valence-electron chi connectivity index (χ2n) is 6.19. The molecule has 1 aliphatic heterocycles. The van der Waals surface area contributed by atoms with Crippen LogP contribution >= 0.6 is 35.3 Å². The van der Waals surface area contributed by atoms with Gasteiger partial charge in [0.1, 0.15) is 0 Å². The second-order valence-corrected chi connectivity index (χ2v) is 7.25. The largest absolute Gasteiger partial charge is 0.378 e. The summed E-state index contributed by atoms with van der Waals surface area (Å²) >= 11 is 1.69. The zero-order chi connectivity index (χ0) is 18.2. The van der Waals surface area contributed by atoms with Gasteiger partial charge in [0.2, 0.25) is 0 Å². The third kappa shape index (κ3) is 6.62. The van der Waals surface area contributed by atoms with Crippen LogP contribution in [-0.2, 0) is 17.7 Å². The van der Waals surface area contributed by atoms with Crippen LogP contribution in [0.2, 0.25) is 0 Å². The average Bonchev–Trinajstić information content (AvgIpc) is 3.10. The zero-order valence-corrected chi connectivity index (χ0v) is 19.0. The van der Waals surface area contributed by atoms with Crippen molar-refractivity contribution in [1.29, 1.82) is 0 Å². The third-order valence-electron chi connectivity index (χ3n) is 4.35. The molecule has 27 heavy (non-hydrogen) atoms. The first-order valence-electron chi connectivity index (χ1n) is 9.02. The van der Waals surface area contributed by atoms with E-state index in [4.69, 9.17) is 4.74 Å². The van der Waals surface area contributed by atoms with Gasteiger partial charge in [0.05, 0.1) is 23.9 Å². The van der Waals surface area contributed by atoms with E-state index in [9.17, 15) is 0 Å². The first-order valence-corrected chi connectivity index (χ1v) is 9.90. The van der Waals surface area contributed by atoms with Crippen LogP contribution in [0.5, 0.6) is 0 Å². The van der Waals surface area contributed by atoms with Crippen LogP contribution in [0.3, 0.4) is 0 Å². The van der Waals surface area contributed by atoms with E-state index < -0.39 is 0 Å². The van der Waals surface area contributed by atoms with Gasteiger partial charge in [-0.15, -0.1) is 35.3 Å². The molecule has 8 heteroatoms. The molecule has 0 radical (unpaired) electrons. The Balaban J connectivity index is 0.00000261. The fraction of sp³-hybridized carbons (Fsp3) is 0.474. The predicted octanol–water partition coefficient (Wildman–Crippen LogP) is 2.81. The van der Waals surface area contributed by atoms with Crippen LogP contribution in [0, 0.1) is 6.92 Å². The van der Waals surface area contributed by atoms with Crippen molar-refractivity contribution in [2.24, 2.45) is 4.99 Å². The lowest BCUT2D eigenvalue weighted by molar-refractivity contribution is 0.122. The van der Waals surface area contributed by atoms with Crippen molar-refractivity contribution in [1.82, 2.24) is 15.6 Å². The summed E-state index contributed by atoms with van der Waals surface area (Å²) in [5, 5.41) is 10.0. The SMILES string of the molecule is CN=C(NCCc1csc(C)n1)NCc1ccccc1N1CCOCC1.I. The summed E-state index contributed by atoms with van der Waals surface area (Å²) in [6.45, 7) is 7.06. The Kier molecular flexibility index (Phi) is 9.29. The van der Waals surface area contributed by atoms with Crippen molar-refractivity contribution in [3.8, 4) is 0 Å². The Bertz CT molecular complexity index is 730. The van der Waals surface area contributed by atoms with E-state index in [1.807, 2.05) is 6.92 Å². The number of rotatable bonds is 6. The monoisotopic (exact) mass is 501 g/mol. The number of halogens is 1. The molecule has 0 spiro atoms. The van der Waals surface area contributed by atoms with Crippen molar-refractivity contribution in [2.75, 3.05) is 44.8 Å². The van der Waals surface area contributed by atoms with Crippen molar-refractivity contribution in [3.63, 3.8) is 0 Å². The van der Waals surface area contributed by atoms with Gasteiger partial charge in [0.25, 0.3) is 0 Å². The van der Waals surface area contributed by atoms with Crippen molar-refractivity contribution in [3.05, 3.63) is 45.9 Å². The molecule has 1 aromatic heterocycles. The molecule has 2 aromatic rings. The summed E-state index contributed by atoms with van der Waals surface area (Å²) in [4.78, 5) is 11.2. The quantitative estimate of drug-likeness (QED) is 0.362. The van der Waals surface area contributed by atoms with Crippen molar-refractivity contribution in [2.45, 2.75) is 19.9 Å². The number of guanidine groups is 1. The lowest BCUT2D eigenvalue weighted by atomic mass is 10.1. The molecule has 1 fully saturated rings. The van der Waals surface area contributed by atoms with Crippen LogP contribution in [0.4, 0.5) is 5.69 Å². The smallest absolute Gasteiger partial charge is 0.191 e. The minimum Gasteiger partial charge on any atom is -0.378 e. The van der Waals surface area contributed by atoms with Crippen LogP contribution in [0.1, 0.15) is 16.3 Å². The van der Waals surface area contributed by atoms with Gasteiger partial charge in [0, 0.05) is 50.7 Å². The summed E-state index contributed by atoms with van der Waals surface area (Å²) in [6, 6.07) is 8.53. The third-order valence-corrected chi connectivity index (χ3v) is 5.18. The van der Waals surface area contributed by atoms with Gasteiger partial charge < -0.3 is 20.3 Å². The first kappa shape index (κ1) is 21.9. The number of nitrogens with one attached hydrogen (secondary N) is 2. The van der Waals surface area contributed by atoms with Gasteiger partial charge in [-0.1, -0.05) is 18.2 Å². The minimum absolute atomic E-state index is 0. The molecule has 148 valence electrons. The van der Waals surface area contributed by atoms with Gasteiger partial charge in [-0.3, -0.25) is 4.99 Å². The molecule has 0 saturated carbocycles. The molecule has 0 aliphatic carbocycles. The molecule has 0 bridgehead atoms. The molecule has 2 heterocycles. The van der Waals surface area contributed by atoms with E-state index in [1.54, 1.807) is 18.4 Å². The molecular formula is C19H28IN5OS. The number of anilines is 1. The van der Waals surface area contributed by atoms with Gasteiger partial charge >= 0.3 is 0 Å². The van der Waals surface area contributed by atoms with E-state index in [-0.39, 0.29) is 24.0 Å². The molecule has 1 aliphatic rings. The molecule has 1 aromatic carbocycles. The van der Waals surface area contributed by atoms with Crippen LogP contribution in [-0.4, -0.2) is 50.8 Å². The minimum atomic E-state index is 0. The normalized spacial score (nSPS) is 14.6. The number of thiazole rings is 1. The van der Waals surface area contributed by atoms with Gasteiger partial charge in [0.15, 0.2) is 5.96 Å². The van der Waals surface area contributed by atoms with Gasteiger partial charge in [-0.05, 0) is 18.6 Å². The lowest BCUT2D eigenvalue weighted by Gasteiger charge is -2.30. The number of hydrogen-bond donors (Lipinski definition) is 2. The first-order chi connectivity index (χ1) is 12.8. The number of benzene rings is 1. The highest BCUT2D eigenvalue weighted by Gasteiger charge is 2.14. The highest BCUT2D eigenvalue weighted by Crippen LogP contribution is 2.21. The number of aromatic nitrogens is 1. The number of morpholine rings is 1. The molecular weight excluding hydrogens is 473 g/mol. The Hall–Kier alpha value is -1.39. The fourth-order valence-electron chi connectivity index (χ4n) is 3.00. The number of aryl methyl sites for hydroxylation is 1. The second kappa shape index (κ2) is 11.5. The van der Waals surface area contributed by atoms with E-state index >= 15 is 0 Å². The summed E-state index contributed by atoms with van der Waals surface area (Å²) in [6.07, 6.45) is 0.898. The summed E-state index contributed by atoms with van der Waals surface area (Å²) in [5.41, 5.74) is 3.68. The van der Waals surface area contributed by atoms with E-state index in [1.165, 1.54) is 11.3 Å². The van der Waals surface area contributed by atoms with Crippen LogP contribution in [0.25, 0.3) is 0 Å². The molecule has 0 atom stereocenters. The average molecular weight is 501 g/mol. The number of para-hydroxylation sites is 1. The van der Waals surface area contributed by atoms with Crippen LogP contribution < -0.4 is 15.5 Å².